The number of carbonyl (C=O) groups excluding carboxylic acids is 2. The summed E-state index contributed by atoms with van der Waals surface area (Å²) in [5, 5.41) is 0.980. The first-order valence-electron chi connectivity index (χ1n) is 13.5. The van der Waals surface area contributed by atoms with E-state index in [2.05, 4.69) is 0 Å². The summed E-state index contributed by atoms with van der Waals surface area (Å²) in [6.07, 6.45) is 0.405. The number of allylic oxidation sites excluding steroid dienone is 2. The van der Waals surface area contributed by atoms with Gasteiger partial charge >= 0.3 is 5.97 Å². The molecule has 0 amide bonds. The number of aryl methyl sites for hydroxylation is 1. The van der Waals surface area contributed by atoms with Crippen LogP contribution in [0.2, 0.25) is 0 Å². The maximum atomic E-state index is 13.5. The zero-order valence-electron chi connectivity index (χ0n) is 22.8. The van der Waals surface area contributed by atoms with Crippen LogP contribution in [0.3, 0.4) is 0 Å². The Morgan fingerprint density at radius 1 is 1.15 bits per heavy atom. The molecule has 2 bridgehead atoms. The molecule has 5 atom stereocenters. The van der Waals surface area contributed by atoms with E-state index in [-0.39, 0.29) is 23.0 Å². The van der Waals surface area contributed by atoms with Crippen molar-refractivity contribution in [2.45, 2.75) is 62.4 Å². The van der Waals surface area contributed by atoms with Crippen LogP contribution in [0.15, 0.2) is 17.2 Å². The van der Waals surface area contributed by atoms with Gasteiger partial charge < -0.3 is 42.6 Å². The Morgan fingerprint density at radius 3 is 2.56 bits per heavy atom. The molecule has 0 aromatic heterocycles. The summed E-state index contributed by atoms with van der Waals surface area (Å²) in [5.74, 6) is -3.18. The lowest BCUT2D eigenvalue weighted by Gasteiger charge is -2.49. The van der Waals surface area contributed by atoms with Crippen LogP contribution in [0, 0.1) is 6.92 Å². The van der Waals surface area contributed by atoms with Crippen molar-refractivity contribution in [3.63, 3.8) is 0 Å². The summed E-state index contributed by atoms with van der Waals surface area (Å²) in [4.78, 5) is 25.9. The first-order valence-corrected chi connectivity index (χ1v) is 13.9. The van der Waals surface area contributed by atoms with E-state index in [9.17, 15) is 9.59 Å². The normalized spacial score (nSPS) is 34.8. The van der Waals surface area contributed by atoms with Gasteiger partial charge in [0.25, 0.3) is 11.6 Å². The fraction of sp³-hybridized carbons (Fsp3) is 0.517. The van der Waals surface area contributed by atoms with Crippen LogP contribution in [-0.4, -0.2) is 75.4 Å². The fourth-order valence-corrected chi connectivity index (χ4v) is 7.47. The quantitative estimate of drug-likeness (QED) is 0.298. The second-order valence-electron chi connectivity index (χ2n) is 11.0. The van der Waals surface area contributed by atoms with Crippen molar-refractivity contribution in [1.29, 1.82) is 0 Å². The van der Waals surface area contributed by atoms with Crippen LogP contribution in [0.25, 0.3) is 10.8 Å². The third kappa shape index (κ3) is 2.95. The molecule has 4 fully saturated rings. The summed E-state index contributed by atoms with van der Waals surface area (Å²) < 4.78 is 56.1. The molecule has 0 saturated carbocycles. The number of benzene rings is 2. The van der Waals surface area contributed by atoms with Gasteiger partial charge in [-0.25, -0.2) is 0 Å². The lowest BCUT2D eigenvalue weighted by atomic mass is 9.78. The molecule has 11 nitrogen and oxygen atoms in total. The van der Waals surface area contributed by atoms with Gasteiger partial charge in [0.2, 0.25) is 17.7 Å². The van der Waals surface area contributed by atoms with Crippen LogP contribution in [-0.2, 0) is 39.6 Å². The molecular formula is C29H27ClO11. The van der Waals surface area contributed by atoms with Gasteiger partial charge in [0, 0.05) is 30.5 Å². The van der Waals surface area contributed by atoms with Gasteiger partial charge in [0.1, 0.15) is 17.6 Å². The summed E-state index contributed by atoms with van der Waals surface area (Å²) in [5.41, 5.74) is 0.981. The molecule has 5 heterocycles. The Kier molecular flexibility index (Phi) is 5.31. The van der Waals surface area contributed by atoms with Crippen LogP contribution >= 0.6 is 11.6 Å². The van der Waals surface area contributed by atoms with Crippen LogP contribution < -0.4 is 14.2 Å². The lowest BCUT2D eigenvalue weighted by Crippen LogP contribution is -2.70. The first-order chi connectivity index (χ1) is 19.7. The van der Waals surface area contributed by atoms with Gasteiger partial charge in [-0.15, -0.1) is 0 Å². The van der Waals surface area contributed by atoms with Crippen LogP contribution in [0.5, 0.6) is 17.2 Å². The number of rotatable bonds is 4. The fourth-order valence-electron chi connectivity index (χ4n) is 7.30. The number of ether oxygens (including phenoxy) is 9. The van der Waals surface area contributed by atoms with Crippen LogP contribution in [0.1, 0.15) is 46.5 Å². The smallest absolute Gasteiger partial charge is 0.308 e. The van der Waals surface area contributed by atoms with Gasteiger partial charge in [0.05, 0.1) is 42.9 Å². The minimum absolute atomic E-state index is 0.0248. The van der Waals surface area contributed by atoms with Crippen LogP contribution in [0.4, 0.5) is 0 Å². The molecule has 8 rings (SSSR count). The molecule has 2 aromatic carbocycles. The maximum Gasteiger partial charge on any atom is 0.308 e. The van der Waals surface area contributed by atoms with E-state index < -0.39 is 47.4 Å². The van der Waals surface area contributed by atoms with Gasteiger partial charge in [0.15, 0.2) is 11.9 Å². The Hall–Kier alpha value is -2.77. The molecule has 0 N–H and O–H groups in total. The van der Waals surface area contributed by atoms with E-state index in [1.807, 2.05) is 13.0 Å². The highest BCUT2D eigenvalue weighted by molar-refractivity contribution is 6.46. The SMILES string of the molecule is COc1c2c(c(OC(C)=O)c3c4c(c(C)cc13)C1OC3(C5OCCCO5)OC1[C@@](OC)(O4)[C@@]31CO1)C(=O)C(Cl)=CC2. The van der Waals surface area contributed by atoms with Crippen molar-refractivity contribution >= 4 is 34.1 Å². The molecule has 1 aliphatic carbocycles. The highest BCUT2D eigenvalue weighted by Crippen LogP contribution is 2.72. The number of Topliss-reactive ketones (excluding diaryl/α,β-unsaturated/α-hetero) is 1. The highest BCUT2D eigenvalue weighted by Gasteiger charge is 2.93. The Labute approximate surface area is 239 Å². The number of carbonyl (C=O) groups is 2. The van der Waals surface area contributed by atoms with E-state index >= 15 is 0 Å². The Balaban J connectivity index is 1.43. The standard InChI is InChI=1S/C29H27ClO11/c1-12-10-15-19(22(38-13(2)31)18-14(21(15)33-3)6-7-16(30)20(18)32)23-17(12)24-25-28(34-4,39-23)27(11-37-27)29(40-24,41-25)26-35-8-5-9-36-26/h7,10,24-26H,5-6,8-9,11H2,1-4H3/t24?,25?,27-,28+,29?/m0/s1. The van der Waals surface area contributed by atoms with Gasteiger partial charge in [-0.2, -0.15) is 0 Å². The van der Waals surface area contributed by atoms with E-state index in [1.54, 1.807) is 6.08 Å². The molecule has 2 aromatic rings. The maximum absolute atomic E-state index is 13.5. The third-order valence-corrected chi connectivity index (χ3v) is 9.30. The number of halogens is 1. The lowest BCUT2D eigenvalue weighted by molar-refractivity contribution is -0.365. The van der Waals surface area contributed by atoms with Crippen molar-refractivity contribution < 1.29 is 52.2 Å². The molecule has 6 aliphatic rings. The minimum atomic E-state index is -1.47. The van der Waals surface area contributed by atoms with Crippen molar-refractivity contribution in [3.8, 4) is 17.2 Å². The number of hydrogen-bond acceptors (Lipinski definition) is 11. The average molecular weight is 587 g/mol. The molecule has 0 radical (unpaired) electrons. The predicted octanol–water partition coefficient (Wildman–Crippen LogP) is 3.38. The zero-order valence-corrected chi connectivity index (χ0v) is 23.5. The first kappa shape index (κ1) is 25.9. The number of fused-ring (bicyclic) bond motifs is 8. The zero-order chi connectivity index (χ0) is 28.5. The third-order valence-electron chi connectivity index (χ3n) is 8.97. The molecule has 4 saturated heterocycles. The molecule has 1 spiro atoms. The average Bonchev–Trinajstić information content (AvgIpc) is 3.62. The van der Waals surface area contributed by atoms with Gasteiger partial charge in [-0.1, -0.05) is 17.7 Å². The van der Waals surface area contributed by atoms with Crippen molar-refractivity contribution in [1.82, 2.24) is 0 Å². The highest BCUT2D eigenvalue weighted by atomic mass is 35.5. The predicted molar refractivity (Wildman–Crippen MR) is 139 cm³/mol. The molecular weight excluding hydrogens is 560 g/mol. The molecule has 41 heavy (non-hydrogen) atoms. The van der Waals surface area contributed by atoms with Crippen molar-refractivity contribution in [3.05, 3.63) is 39.4 Å². The van der Waals surface area contributed by atoms with Crippen molar-refractivity contribution in [2.75, 3.05) is 34.0 Å². The van der Waals surface area contributed by atoms with Gasteiger partial charge in [-0.3, -0.25) is 9.59 Å². The number of methoxy groups -OCH3 is 2. The molecule has 3 unspecified atom stereocenters. The number of epoxide rings is 1. The monoisotopic (exact) mass is 586 g/mol. The van der Waals surface area contributed by atoms with E-state index in [0.29, 0.717) is 53.0 Å². The van der Waals surface area contributed by atoms with E-state index in [0.717, 1.165) is 12.0 Å². The Bertz CT molecular complexity index is 1590. The van der Waals surface area contributed by atoms with Gasteiger partial charge in [-0.05, 0) is 31.4 Å². The molecule has 5 aliphatic heterocycles. The summed E-state index contributed by atoms with van der Waals surface area (Å²) >= 11 is 6.30. The number of ketones is 1. The number of esters is 1. The second-order valence-corrected chi connectivity index (χ2v) is 11.4. The largest absolute Gasteiger partial charge is 0.496 e. The van der Waals surface area contributed by atoms with E-state index in [1.165, 1.54) is 21.1 Å². The second kappa shape index (κ2) is 8.41. The van der Waals surface area contributed by atoms with E-state index in [4.69, 9.17) is 54.2 Å². The summed E-state index contributed by atoms with van der Waals surface area (Å²) in [6, 6.07) is 1.91. The summed E-state index contributed by atoms with van der Waals surface area (Å²) in [6.45, 7) is 4.36. The Morgan fingerprint density at radius 2 is 1.90 bits per heavy atom. The summed E-state index contributed by atoms with van der Waals surface area (Å²) in [7, 11) is 3.05. The van der Waals surface area contributed by atoms with Crippen molar-refractivity contribution in [2.24, 2.45) is 0 Å². The minimum Gasteiger partial charge on any atom is -0.496 e. The number of hydrogen-bond donors (Lipinski definition) is 0. The molecule has 12 heteroatoms. The topological polar surface area (TPSA) is 121 Å². The molecule has 216 valence electrons.